The molecule has 2 aromatic rings. The SMILES string of the molecule is Cc1[nH]ncc1S(=O)(=O)NCc1ccccc1CN. The van der Waals surface area contributed by atoms with E-state index in [0.29, 0.717) is 12.2 Å². The highest BCUT2D eigenvalue weighted by Gasteiger charge is 2.18. The van der Waals surface area contributed by atoms with Gasteiger partial charge in [-0.2, -0.15) is 5.10 Å². The van der Waals surface area contributed by atoms with Gasteiger partial charge in [0.25, 0.3) is 0 Å². The Labute approximate surface area is 112 Å². The number of aromatic nitrogens is 2. The second-order valence-corrected chi connectivity index (χ2v) is 5.89. The summed E-state index contributed by atoms with van der Waals surface area (Å²) in [4.78, 5) is 0.165. The fourth-order valence-electron chi connectivity index (χ4n) is 1.79. The van der Waals surface area contributed by atoms with Crippen LogP contribution < -0.4 is 10.5 Å². The third-order valence-corrected chi connectivity index (χ3v) is 4.38. The van der Waals surface area contributed by atoms with E-state index in [2.05, 4.69) is 14.9 Å². The largest absolute Gasteiger partial charge is 0.326 e. The van der Waals surface area contributed by atoms with E-state index < -0.39 is 10.0 Å². The van der Waals surface area contributed by atoms with Crippen LogP contribution in [0, 0.1) is 6.92 Å². The molecule has 6 nitrogen and oxygen atoms in total. The van der Waals surface area contributed by atoms with Crippen molar-refractivity contribution in [3.63, 3.8) is 0 Å². The lowest BCUT2D eigenvalue weighted by molar-refractivity contribution is 0.580. The van der Waals surface area contributed by atoms with Crippen LogP contribution in [0.15, 0.2) is 35.4 Å². The van der Waals surface area contributed by atoms with Gasteiger partial charge in [0.1, 0.15) is 4.90 Å². The molecule has 1 aromatic carbocycles. The summed E-state index contributed by atoms with van der Waals surface area (Å²) >= 11 is 0. The number of rotatable bonds is 5. The molecule has 0 bridgehead atoms. The molecule has 4 N–H and O–H groups in total. The molecule has 102 valence electrons. The second-order valence-electron chi connectivity index (χ2n) is 4.16. The van der Waals surface area contributed by atoms with E-state index in [1.807, 2.05) is 24.3 Å². The van der Waals surface area contributed by atoms with E-state index in [4.69, 9.17) is 5.73 Å². The number of aromatic amines is 1. The minimum absolute atomic E-state index is 0.165. The number of sulfonamides is 1. The zero-order valence-electron chi connectivity index (χ0n) is 10.6. The summed E-state index contributed by atoms with van der Waals surface area (Å²) in [7, 11) is -3.56. The molecular formula is C12H16N4O2S. The summed E-state index contributed by atoms with van der Waals surface area (Å²) in [6.45, 7) is 2.25. The Balaban J connectivity index is 2.17. The number of nitrogens with two attached hydrogens (primary N) is 1. The molecule has 0 atom stereocenters. The molecule has 0 spiro atoms. The minimum atomic E-state index is -3.56. The van der Waals surface area contributed by atoms with Gasteiger partial charge in [-0.05, 0) is 18.1 Å². The van der Waals surface area contributed by atoms with E-state index in [0.717, 1.165) is 11.1 Å². The van der Waals surface area contributed by atoms with Gasteiger partial charge in [-0.1, -0.05) is 24.3 Å². The third-order valence-electron chi connectivity index (χ3n) is 2.86. The summed E-state index contributed by atoms with van der Waals surface area (Å²) < 4.78 is 26.7. The molecule has 1 aromatic heterocycles. The van der Waals surface area contributed by atoms with Crippen molar-refractivity contribution in [3.05, 3.63) is 47.3 Å². The molecule has 0 aliphatic rings. The lowest BCUT2D eigenvalue weighted by Crippen LogP contribution is -2.24. The first-order valence-electron chi connectivity index (χ1n) is 5.81. The van der Waals surface area contributed by atoms with Gasteiger partial charge < -0.3 is 5.73 Å². The standard InChI is InChI=1S/C12H16N4O2S/c1-9-12(8-14-16-9)19(17,18)15-7-11-5-3-2-4-10(11)6-13/h2-5,8,15H,6-7,13H2,1H3,(H,14,16). The fourth-order valence-corrected chi connectivity index (χ4v) is 2.93. The highest BCUT2D eigenvalue weighted by molar-refractivity contribution is 7.89. The van der Waals surface area contributed by atoms with Crippen LogP contribution in [0.3, 0.4) is 0 Å². The van der Waals surface area contributed by atoms with Crippen molar-refractivity contribution in [2.75, 3.05) is 0 Å². The Bertz CT molecular complexity index is 664. The summed E-state index contributed by atoms with van der Waals surface area (Å²) in [5.74, 6) is 0. The first-order chi connectivity index (χ1) is 9.04. The first-order valence-corrected chi connectivity index (χ1v) is 7.29. The summed E-state index contributed by atoms with van der Waals surface area (Å²) in [5, 5.41) is 6.32. The summed E-state index contributed by atoms with van der Waals surface area (Å²) in [6, 6.07) is 7.46. The first kappa shape index (κ1) is 13.7. The maximum atomic E-state index is 12.1. The number of aryl methyl sites for hydroxylation is 1. The molecule has 7 heteroatoms. The smallest absolute Gasteiger partial charge is 0.244 e. The highest BCUT2D eigenvalue weighted by Crippen LogP contribution is 2.13. The van der Waals surface area contributed by atoms with Crippen molar-refractivity contribution < 1.29 is 8.42 Å². The van der Waals surface area contributed by atoms with Gasteiger partial charge in [0, 0.05) is 13.1 Å². The van der Waals surface area contributed by atoms with Gasteiger partial charge in [-0.25, -0.2) is 13.1 Å². The molecule has 0 unspecified atom stereocenters. The predicted molar refractivity (Wildman–Crippen MR) is 71.7 cm³/mol. The lowest BCUT2D eigenvalue weighted by atomic mass is 10.1. The van der Waals surface area contributed by atoms with E-state index >= 15 is 0 Å². The van der Waals surface area contributed by atoms with Crippen LogP contribution in [0.4, 0.5) is 0 Å². The Morgan fingerprint density at radius 3 is 2.58 bits per heavy atom. The maximum Gasteiger partial charge on any atom is 0.244 e. The van der Waals surface area contributed by atoms with Gasteiger partial charge >= 0.3 is 0 Å². The quantitative estimate of drug-likeness (QED) is 0.748. The summed E-state index contributed by atoms with van der Waals surface area (Å²) in [5.41, 5.74) is 7.93. The van der Waals surface area contributed by atoms with Crippen molar-refractivity contribution in [2.24, 2.45) is 5.73 Å². The number of benzene rings is 1. The Morgan fingerprint density at radius 1 is 1.32 bits per heavy atom. The average molecular weight is 280 g/mol. The van der Waals surface area contributed by atoms with Gasteiger partial charge in [0.05, 0.1) is 11.9 Å². The van der Waals surface area contributed by atoms with Crippen LogP contribution >= 0.6 is 0 Å². The molecule has 2 rings (SSSR count). The normalized spacial score (nSPS) is 11.7. The molecule has 0 aliphatic carbocycles. The van der Waals surface area contributed by atoms with Gasteiger partial charge in [-0.3, -0.25) is 5.10 Å². The molecule has 0 fully saturated rings. The van der Waals surface area contributed by atoms with Crippen LogP contribution in [-0.2, 0) is 23.1 Å². The number of H-pyrrole nitrogens is 1. The van der Waals surface area contributed by atoms with Crippen molar-refractivity contribution in [1.82, 2.24) is 14.9 Å². The molecule has 0 amide bonds. The van der Waals surface area contributed by atoms with Crippen LogP contribution in [0.2, 0.25) is 0 Å². The van der Waals surface area contributed by atoms with Crippen molar-refractivity contribution in [3.8, 4) is 0 Å². The topological polar surface area (TPSA) is 101 Å². The highest BCUT2D eigenvalue weighted by atomic mass is 32.2. The van der Waals surface area contributed by atoms with Crippen molar-refractivity contribution in [2.45, 2.75) is 24.9 Å². The zero-order valence-corrected chi connectivity index (χ0v) is 11.4. The Morgan fingerprint density at radius 2 is 2.00 bits per heavy atom. The van der Waals surface area contributed by atoms with Crippen molar-refractivity contribution >= 4 is 10.0 Å². The fraction of sp³-hybridized carbons (Fsp3) is 0.250. The maximum absolute atomic E-state index is 12.1. The molecule has 19 heavy (non-hydrogen) atoms. The van der Waals surface area contributed by atoms with E-state index in [-0.39, 0.29) is 11.4 Å². The molecule has 0 aliphatic heterocycles. The number of nitrogens with zero attached hydrogens (tertiary/aromatic N) is 1. The summed E-state index contributed by atoms with van der Waals surface area (Å²) in [6.07, 6.45) is 1.30. The van der Waals surface area contributed by atoms with E-state index in [9.17, 15) is 8.42 Å². The van der Waals surface area contributed by atoms with Crippen LogP contribution in [0.25, 0.3) is 0 Å². The van der Waals surface area contributed by atoms with Gasteiger partial charge in [0.15, 0.2) is 0 Å². The van der Waals surface area contributed by atoms with Crippen LogP contribution in [0.5, 0.6) is 0 Å². The average Bonchev–Trinajstić information content (AvgIpc) is 2.84. The zero-order chi connectivity index (χ0) is 13.9. The lowest BCUT2D eigenvalue weighted by Gasteiger charge is -2.09. The molecule has 0 saturated carbocycles. The number of nitrogens with one attached hydrogen (secondary N) is 2. The number of hydrogen-bond acceptors (Lipinski definition) is 4. The van der Waals surface area contributed by atoms with Crippen LogP contribution in [0.1, 0.15) is 16.8 Å². The molecule has 0 radical (unpaired) electrons. The van der Waals surface area contributed by atoms with Crippen LogP contribution in [-0.4, -0.2) is 18.6 Å². The third kappa shape index (κ3) is 3.01. The van der Waals surface area contributed by atoms with Gasteiger partial charge in [-0.15, -0.1) is 0 Å². The Hall–Kier alpha value is -1.70. The monoisotopic (exact) mass is 280 g/mol. The molecule has 1 heterocycles. The Kier molecular flexibility index (Phi) is 3.98. The van der Waals surface area contributed by atoms with Crippen molar-refractivity contribution in [1.29, 1.82) is 0 Å². The van der Waals surface area contributed by atoms with E-state index in [1.165, 1.54) is 6.20 Å². The minimum Gasteiger partial charge on any atom is -0.326 e. The number of hydrogen-bond donors (Lipinski definition) is 3. The molecular weight excluding hydrogens is 264 g/mol. The molecule has 0 saturated heterocycles. The van der Waals surface area contributed by atoms with Gasteiger partial charge in [0.2, 0.25) is 10.0 Å². The van der Waals surface area contributed by atoms with E-state index in [1.54, 1.807) is 6.92 Å². The second kappa shape index (κ2) is 5.52. The predicted octanol–water partition coefficient (Wildman–Crippen LogP) is 0.655.